The molecule has 25 heavy (non-hydrogen) atoms. The average molecular weight is 343 g/mol. The zero-order chi connectivity index (χ0) is 18.6. The highest BCUT2D eigenvalue weighted by atomic mass is 16.2. The Morgan fingerprint density at radius 2 is 2.08 bits per heavy atom. The van der Waals surface area contributed by atoms with Crippen LogP contribution in [-0.2, 0) is 18.4 Å². The molecule has 0 radical (unpaired) electrons. The van der Waals surface area contributed by atoms with Gasteiger partial charge in [0.05, 0.1) is 11.7 Å². The summed E-state index contributed by atoms with van der Waals surface area (Å²) >= 11 is 0. The van der Waals surface area contributed by atoms with E-state index in [1.807, 2.05) is 51.4 Å². The van der Waals surface area contributed by atoms with E-state index in [0.29, 0.717) is 12.2 Å². The minimum Gasteiger partial charge on any atom is -0.342 e. The minimum absolute atomic E-state index is 0.00299. The summed E-state index contributed by atoms with van der Waals surface area (Å²) in [4.78, 5) is 25.2. The van der Waals surface area contributed by atoms with Crippen LogP contribution in [-0.4, -0.2) is 33.7 Å². The Balaban J connectivity index is 1.98. The molecule has 0 saturated carbocycles. The van der Waals surface area contributed by atoms with Crippen LogP contribution in [0.2, 0.25) is 0 Å². The fourth-order valence-corrected chi connectivity index (χ4v) is 2.62. The van der Waals surface area contributed by atoms with E-state index in [1.54, 1.807) is 16.6 Å². The fourth-order valence-electron chi connectivity index (χ4n) is 2.62. The van der Waals surface area contributed by atoms with Crippen molar-refractivity contribution in [3.05, 3.63) is 47.3 Å². The SMILES string of the molecule is CC(=O)N(C)Cc1cccc(NC(=O)N[C@H](C)c2cn(C)nc2C)c1. The van der Waals surface area contributed by atoms with E-state index in [0.717, 1.165) is 16.8 Å². The van der Waals surface area contributed by atoms with Gasteiger partial charge < -0.3 is 15.5 Å². The molecule has 0 aliphatic heterocycles. The summed E-state index contributed by atoms with van der Waals surface area (Å²) in [6.45, 7) is 5.86. The maximum atomic E-state index is 12.2. The van der Waals surface area contributed by atoms with E-state index >= 15 is 0 Å². The molecule has 0 aliphatic carbocycles. The molecule has 134 valence electrons. The summed E-state index contributed by atoms with van der Waals surface area (Å²) < 4.78 is 1.73. The van der Waals surface area contributed by atoms with Crippen molar-refractivity contribution in [3.8, 4) is 0 Å². The van der Waals surface area contributed by atoms with Gasteiger partial charge in [0.15, 0.2) is 0 Å². The summed E-state index contributed by atoms with van der Waals surface area (Å²) in [7, 11) is 3.60. The van der Waals surface area contributed by atoms with Gasteiger partial charge >= 0.3 is 6.03 Å². The summed E-state index contributed by atoms with van der Waals surface area (Å²) in [5.41, 5.74) is 3.51. The molecule has 3 amide bonds. The highest BCUT2D eigenvalue weighted by molar-refractivity contribution is 5.89. The number of hydrogen-bond acceptors (Lipinski definition) is 3. The summed E-state index contributed by atoms with van der Waals surface area (Å²) in [6, 6.07) is 7.02. The zero-order valence-electron chi connectivity index (χ0n) is 15.3. The van der Waals surface area contributed by atoms with E-state index in [2.05, 4.69) is 15.7 Å². The number of nitrogens with zero attached hydrogens (tertiary/aromatic N) is 3. The maximum Gasteiger partial charge on any atom is 0.319 e. The third kappa shape index (κ3) is 5.07. The highest BCUT2D eigenvalue weighted by Crippen LogP contribution is 2.16. The van der Waals surface area contributed by atoms with Crippen LogP contribution in [0.25, 0.3) is 0 Å². The third-order valence-electron chi connectivity index (χ3n) is 4.01. The zero-order valence-corrected chi connectivity index (χ0v) is 15.3. The van der Waals surface area contributed by atoms with Crippen molar-refractivity contribution in [3.63, 3.8) is 0 Å². The van der Waals surface area contributed by atoms with Crippen molar-refractivity contribution in [1.29, 1.82) is 0 Å². The molecule has 0 fully saturated rings. The van der Waals surface area contributed by atoms with Crippen molar-refractivity contribution in [1.82, 2.24) is 20.0 Å². The van der Waals surface area contributed by atoms with Crippen molar-refractivity contribution >= 4 is 17.6 Å². The lowest BCUT2D eigenvalue weighted by Gasteiger charge is -2.16. The number of nitrogens with one attached hydrogen (secondary N) is 2. The van der Waals surface area contributed by atoms with E-state index < -0.39 is 0 Å². The Bertz CT molecular complexity index is 769. The van der Waals surface area contributed by atoms with Crippen molar-refractivity contribution in [2.45, 2.75) is 33.4 Å². The predicted octanol–water partition coefficient (Wildman–Crippen LogP) is 2.59. The Kier molecular flexibility index (Phi) is 5.80. The normalized spacial score (nSPS) is 11.7. The van der Waals surface area contributed by atoms with Crippen molar-refractivity contribution < 1.29 is 9.59 Å². The van der Waals surface area contributed by atoms with E-state index in [-0.39, 0.29) is 18.0 Å². The summed E-state index contributed by atoms with van der Waals surface area (Å²) in [6.07, 6.45) is 1.90. The largest absolute Gasteiger partial charge is 0.342 e. The van der Waals surface area contributed by atoms with Gasteiger partial charge in [0, 0.05) is 45.0 Å². The number of carbonyl (C=O) groups is 2. The number of rotatable bonds is 5. The molecule has 2 aromatic rings. The number of amides is 3. The Morgan fingerprint density at radius 1 is 1.36 bits per heavy atom. The minimum atomic E-state index is -0.284. The predicted molar refractivity (Wildman–Crippen MR) is 97.1 cm³/mol. The van der Waals surface area contributed by atoms with Gasteiger partial charge in [-0.3, -0.25) is 9.48 Å². The van der Waals surface area contributed by atoms with Crippen LogP contribution in [0.1, 0.15) is 36.7 Å². The molecule has 7 nitrogen and oxygen atoms in total. The molecule has 1 atom stereocenters. The second-order valence-electron chi connectivity index (χ2n) is 6.24. The lowest BCUT2D eigenvalue weighted by molar-refractivity contribution is -0.128. The number of aromatic nitrogens is 2. The summed E-state index contributed by atoms with van der Waals surface area (Å²) in [5, 5.41) is 10.0. The van der Waals surface area contributed by atoms with Gasteiger partial charge in [0.1, 0.15) is 0 Å². The van der Waals surface area contributed by atoms with Crippen molar-refractivity contribution in [2.24, 2.45) is 7.05 Å². The van der Waals surface area contributed by atoms with Gasteiger partial charge in [-0.1, -0.05) is 12.1 Å². The smallest absolute Gasteiger partial charge is 0.319 e. The average Bonchev–Trinajstić information content (AvgIpc) is 2.86. The molecule has 1 aromatic carbocycles. The third-order valence-corrected chi connectivity index (χ3v) is 4.01. The molecule has 0 saturated heterocycles. The second-order valence-corrected chi connectivity index (χ2v) is 6.24. The molecular formula is C18H25N5O2. The second kappa shape index (κ2) is 7.83. The first-order valence-corrected chi connectivity index (χ1v) is 8.14. The lowest BCUT2D eigenvalue weighted by atomic mass is 10.1. The fraction of sp³-hybridized carbons (Fsp3) is 0.389. The Labute approximate surface area is 148 Å². The summed E-state index contributed by atoms with van der Waals surface area (Å²) in [5.74, 6) is -0.00299. The quantitative estimate of drug-likeness (QED) is 0.876. The van der Waals surface area contributed by atoms with Gasteiger partial charge in [-0.25, -0.2) is 4.79 Å². The highest BCUT2D eigenvalue weighted by Gasteiger charge is 2.14. The number of aryl methyl sites for hydroxylation is 2. The molecule has 0 spiro atoms. The first-order valence-electron chi connectivity index (χ1n) is 8.14. The van der Waals surface area contributed by atoms with Gasteiger partial charge in [-0.15, -0.1) is 0 Å². The number of anilines is 1. The molecule has 2 rings (SSSR count). The van der Waals surface area contributed by atoms with Gasteiger partial charge in [0.2, 0.25) is 5.91 Å². The Morgan fingerprint density at radius 3 is 2.68 bits per heavy atom. The van der Waals surface area contributed by atoms with Crippen LogP contribution in [0, 0.1) is 6.92 Å². The molecular weight excluding hydrogens is 318 g/mol. The van der Waals surface area contributed by atoms with Crippen LogP contribution in [0.15, 0.2) is 30.5 Å². The van der Waals surface area contributed by atoms with Crippen molar-refractivity contribution in [2.75, 3.05) is 12.4 Å². The van der Waals surface area contributed by atoms with Crippen LogP contribution < -0.4 is 10.6 Å². The van der Waals surface area contributed by atoms with E-state index in [9.17, 15) is 9.59 Å². The number of hydrogen-bond donors (Lipinski definition) is 2. The van der Waals surface area contributed by atoms with Crippen LogP contribution in [0.5, 0.6) is 0 Å². The first-order chi connectivity index (χ1) is 11.8. The molecule has 2 N–H and O–H groups in total. The first kappa shape index (κ1) is 18.5. The van der Waals surface area contributed by atoms with E-state index in [4.69, 9.17) is 0 Å². The van der Waals surface area contributed by atoms with Gasteiger partial charge in [-0.2, -0.15) is 5.10 Å². The number of carbonyl (C=O) groups excluding carboxylic acids is 2. The van der Waals surface area contributed by atoms with E-state index in [1.165, 1.54) is 6.92 Å². The number of urea groups is 1. The number of benzene rings is 1. The maximum absolute atomic E-state index is 12.2. The molecule has 0 unspecified atom stereocenters. The molecule has 1 heterocycles. The van der Waals surface area contributed by atoms with Gasteiger partial charge in [-0.05, 0) is 31.5 Å². The molecule has 0 bridgehead atoms. The monoisotopic (exact) mass is 343 g/mol. The van der Waals surface area contributed by atoms with Crippen LogP contribution in [0.4, 0.5) is 10.5 Å². The molecule has 1 aromatic heterocycles. The lowest BCUT2D eigenvalue weighted by Crippen LogP contribution is -2.31. The Hall–Kier alpha value is -2.83. The van der Waals surface area contributed by atoms with Gasteiger partial charge in [0.25, 0.3) is 0 Å². The standard InChI is InChI=1S/C18H25N5O2/c1-12(17-11-23(5)21-13(17)2)19-18(25)20-16-8-6-7-15(9-16)10-22(4)14(3)24/h6-9,11-12H,10H2,1-5H3,(H2,19,20,25)/t12-/m1/s1. The molecule has 7 heteroatoms. The van der Waals surface area contributed by atoms with Crippen LogP contribution in [0.3, 0.4) is 0 Å². The topological polar surface area (TPSA) is 79.3 Å². The van der Waals surface area contributed by atoms with Crippen LogP contribution >= 0.6 is 0 Å². The molecule has 0 aliphatic rings.